The number of nitrogens with one attached hydrogen (secondary N) is 1. The molecule has 6 rings (SSSR count). The Bertz CT molecular complexity index is 1330. The number of hydrogen-bond donors (Lipinski definition) is 1. The zero-order valence-electron chi connectivity index (χ0n) is 21.0. The summed E-state index contributed by atoms with van der Waals surface area (Å²) in [6.45, 7) is 10.9. The molecule has 0 radical (unpaired) electrons. The van der Waals surface area contributed by atoms with Crippen LogP contribution in [-0.4, -0.2) is 68.8 Å². The van der Waals surface area contributed by atoms with Gasteiger partial charge in [-0.05, 0) is 43.8 Å². The van der Waals surface area contributed by atoms with Crippen molar-refractivity contribution in [2.75, 3.05) is 44.3 Å². The number of aromatic nitrogens is 5. The van der Waals surface area contributed by atoms with E-state index in [-0.39, 0.29) is 0 Å². The summed E-state index contributed by atoms with van der Waals surface area (Å²) in [6, 6.07) is 8.32. The first-order chi connectivity index (χ1) is 17.1. The summed E-state index contributed by atoms with van der Waals surface area (Å²) in [5.41, 5.74) is 3.91. The lowest BCUT2D eigenvalue weighted by molar-refractivity contribution is 0.122. The lowest BCUT2D eigenvalue weighted by atomic mass is 9.87. The van der Waals surface area contributed by atoms with Crippen molar-refractivity contribution >= 4 is 27.9 Å². The third-order valence-corrected chi connectivity index (χ3v) is 7.87. The molecular formula is C27H35N7O. The number of likely N-dealkylation sites (tertiary alicyclic amines) is 1. The van der Waals surface area contributed by atoms with E-state index in [0.29, 0.717) is 13.2 Å². The van der Waals surface area contributed by atoms with Crippen molar-refractivity contribution in [3.63, 3.8) is 0 Å². The van der Waals surface area contributed by atoms with Crippen LogP contribution >= 0.6 is 0 Å². The molecule has 0 unspecified atom stereocenters. The number of aryl methyl sites for hydroxylation is 1. The second-order valence-corrected chi connectivity index (χ2v) is 10.3. The van der Waals surface area contributed by atoms with Gasteiger partial charge in [0.1, 0.15) is 5.82 Å². The maximum absolute atomic E-state index is 5.63. The van der Waals surface area contributed by atoms with Crippen molar-refractivity contribution in [2.24, 2.45) is 18.9 Å². The quantitative estimate of drug-likeness (QED) is 0.468. The van der Waals surface area contributed by atoms with Crippen LogP contribution in [0.4, 0.5) is 5.82 Å². The van der Waals surface area contributed by atoms with Crippen LogP contribution in [0.5, 0.6) is 0 Å². The van der Waals surface area contributed by atoms with Crippen LogP contribution in [0.1, 0.15) is 32.5 Å². The number of H-pyrrole nitrogens is 1. The Morgan fingerprint density at radius 3 is 2.57 bits per heavy atom. The number of imidazole rings is 1. The standard InChI is InChI=1S/C27H35N7O/c1-18(2)19-8-10-33(11-9-19)17-23-29-24-26(32(23)3)30-25(31-27(24)34-12-14-35-15-13-34)21-16-28-22-7-5-4-6-20(21)22/h4-7,16,18-19,28H,8-15,17H2,1-3H3. The predicted molar refractivity (Wildman–Crippen MR) is 139 cm³/mol. The Morgan fingerprint density at radius 1 is 1.03 bits per heavy atom. The van der Waals surface area contributed by atoms with Gasteiger partial charge in [-0.2, -0.15) is 0 Å². The molecule has 3 aromatic heterocycles. The van der Waals surface area contributed by atoms with E-state index >= 15 is 0 Å². The van der Waals surface area contributed by atoms with E-state index in [1.54, 1.807) is 0 Å². The minimum absolute atomic E-state index is 0.707. The third-order valence-electron chi connectivity index (χ3n) is 7.87. The maximum Gasteiger partial charge on any atom is 0.166 e. The van der Waals surface area contributed by atoms with Crippen LogP contribution in [0.25, 0.3) is 33.5 Å². The fourth-order valence-electron chi connectivity index (χ4n) is 5.58. The fraction of sp³-hybridized carbons (Fsp3) is 0.519. The highest BCUT2D eigenvalue weighted by Gasteiger charge is 2.26. The van der Waals surface area contributed by atoms with Gasteiger partial charge in [0.25, 0.3) is 0 Å². The Labute approximate surface area is 206 Å². The number of para-hydroxylation sites is 1. The second kappa shape index (κ2) is 9.24. The number of hydrogen-bond acceptors (Lipinski definition) is 6. The molecule has 184 valence electrons. The van der Waals surface area contributed by atoms with Crippen molar-refractivity contribution in [3.05, 3.63) is 36.3 Å². The van der Waals surface area contributed by atoms with Crippen molar-refractivity contribution in [1.29, 1.82) is 0 Å². The van der Waals surface area contributed by atoms with Gasteiger partial charge in [0.2, 0.25) is 0 Å². The van der Waals surface area contributed by atoms with Gasteiger partial charge >= 0.3 is 0 Å². The molecule has 8 heteroatoms. The van der Waals surface area contributed by atoms with Crippen LogP contribution in [0, 0.1) is 11.8 Å². The maximum atomic E-state index is 5.63. The number of rotatable bonds is 5. The highest BCUT2D eigenvalue weighted by atomic mass is 16.5. The van der Waals surface area contributed by atoms with Crippen molar-refractivity contribution in [3.8, 4) is 11.4 Å². The van der Waals surface area contributed by atoms with Gasteiger partial charge < -0.3 is 19.2 Å². The van der Waals surface area contributed by atoms with Crippen LogP contribution in [0.3, 0.4) is 0 Å². The van der Waals surface area contributed by atoms with Crippen LogP contribution in [0.2, 0.25) is 0 Å². The number of nitrogens with zero attached hydrogens (tertiary/aromatic N) is 6. The summed E-state index contributed by atoms with van der Waals surface area (Å²) in [4.78, 5) is 23.5. The Morgan fingerprint density at radius 2 is 1.80 bits per heavy atom. The number of piperidine rings is 1. The molecule has 35 heavy (non-hydrogen) atoms. The number of anilines is 1. The summed E-state index contributed by atoms with van der Waals surface area (Å²) in [5, 5.41) is 1.13. The van der Waals surface area contributed by atoms with Gasteiger partial charge in [-0.1, -0.05) is 32.0 Å². The summed E-state index contributed by atoms with van der Waals surface area (Å²) in [7, 11) is 2.10. The van der Waals surface area contributed by atoms with Crippen molar-refractivity contribution in [1.82, 2.24) is 29.4 Å². The molecule has 0 bridgehead atoms. The zero-order chi connectivity index (χ0) is 23.9. The van der Waals surface area contributed by atoms with Crippen LogP contribution in [-0.2, 0) is 18.3 Å². The third kappa shape index (κ3) is 4.19. The first-order valence-corrected chi connectivity index (χ1v) is 12.9. The minimum atomic E-state index is 0.707. The number of benzene rings is 1. The normalized spacial score (nSPS) is 18.3. The molecule has 8 nitrogen and oxygen atoms in total. The van der Waals surface area contributed by atoms with Crippen LogP contribution in [0.15, 0.2) is 30.5 Å². The molecule has 2 aliphatic rings. The number of aromatic amines is 1. The van der Waals surface area contributed by atoms with Crippen LogP contribution < -0.4 is 4.90 Å². The summed E-state index contributed by atoms with van der Waals surface area (Å²) >= 11 is 0. The largest absolute Gasteiger partial charge is 0.378 e. The number of ether oxygens (including phenoxy) is 1. The molecular weight excluding hydrogens is 438 g/mol. The van der Waals surface area contributed by atoms with Gasteiger partial charge in [-0.15, -0.1) is 0 Å². The molecule has 0 amide bonds. The lowest BCUT2D eigenvalue weighted by Gasteiger charge is -2.33. The van der Waals surface area contributed by atoms with Gasteiger partial charge in [-0.25, -0.2) is 15.0 Å². The monoisotopic (exact) mass is 473 g/mol. The highest BCUT2D eigenvalue weighted by Crippen LogP contribution is 2.32. The van der Waals surface area contributed by atoms with Gasteiger partial charge in [0, 0.05) is 42.8 Å². The van der Waals surface area contributed by atoms with Gasteiger partial charge in [0.15, 0.2) is 22.8 Å². The topological polar surface area (TPSA) is 75.1 Å². The number of fused-ring (bicyclic) bond motifs is 2. The van der Waals surface area contributed by atoms with E-state index in [9.17, 15) is 0 Å². The first kappa shape index (κ1) is 22.5. The molecule has 4 aromatic rings. The average molecular weight is 474 g/mol. The highest BCUT2D eigenvalue weighted by molar-refractivity contribution is 5.95. The Kier molecular flexibility index (Phi) is 5.94. The molecule has 0 atom stereocenters. The predicted octanol–water partition coefficient (Wildman–Crippen LogP) is 4.22. The molecule has 5 heterocycles. The van der Waals surface area contributed by atoms with E-state index in [4.69, 9.17) is 19.7 Å². The molecule has 1 aromatic carbocycles. The molecule has 1 N–H and O–H groups in total. The zero-order valence-corrected chi connectivity index (χ0v) is 21.0. The van der Waals surface area contributed by atoms with E-state index in [1.807, 2.05) is 12.3 Å². The molecule has 0 aliphatic carbocycles. The smallest absolute Gasteiger partial charge is 0.166 e. The Balaban J connectivity index is 1.40. The number of morpholine rings is 1. The average Bonchev–Trinajstić information content (AvgIpc) is 3.46. The van der Waals surface area contributed by atoms with E-state index < -0.39 is 0 Å². The minimum Gasteiger partial charge on any atom is -0.378 e. The summed E-state index contributed by atoms with van der Waals surface area (Å²) in [6.07, 6.45) is 4.56. The molecule has 0 saturated carbocycles. The van der Waals surface area contributed by atoms with E-state index in [0.717, 1.165) is 89.7 Å². The lowest BCUT2D eigenvalue weighted by Crippen LogP contribution is -2.37. The van der Waals surface area contributed by atoms with Gasteiger partial charge in [-0.3, -0.25) is 4.90 Å². The molecule has 2 saturated heterocycles. The van der Waals surface area contributed by atoms with E-state index in [1.165, 1.54) is 12.8 Å². The summed E-state index contributed by atoms with van der Waals surface area (Å²) < 4.78 is 7.80. The van der Waals surface area contributed by atoms with E-state index in [2.05, 4.69) is 58.4 Å². The van der Waals surface area contributed by atoms with Crippen molar-refractivity contribution < 1.29 is 4.74 Å². The molecule has 0 spiro atoms. The second-order valence-electron chi connectivity index (χ2n) is 10.3. The fourth-order valence-corrected chi connectivity index (χ4v) is 5.58. The summed E-state index contributed by atoms with van der Waals surface area (Å²) in [5.74, 6) is 4.32. The van der Waals surface area contributed by atoms with Crippen molar-refractivity contribution in [2.45, 2.75) is 33.2 Å². The molecule has 2 aliphatic heterocycles. The SMILES string of the molecule is CC(C)C1CCN(Cc2nc3c(N4CCOCC4)nc(-c4c[nH]c5ccccc45)nc3n2C)CC1. The first-order valence-electron chi connectivity index (χ1n) is 12.9. The molecule has 2 fully saturated rings. The Hall–Kier alpha value is -2.97. The van der Waals surface area contributed by atoms with Gasteiger partial charge in [0.05, 0.1) is 19.8 Å².